The number of benzene rings is 1. The second kappa shape index (κ2) is 5.04. The molecule has 2 heterocycles. The molecule has 0 unspecified atom stereocenters. The van der Waals surface area contributed by atoms with E-state index in [0.29, 0.717) is 0 Å². The van der Waals surface area contributed by atoms with Crippen molar-refractivity contribution in [3.63, 3.8) is 0 Å². The fourth-order valence-corrected chi connectivity index (χ4v) is 2.58. The van der Waals surface area contributed by atoms with Crippen LogP contribution in [0.3, 0.4) is 0 Å². The highest BCUT2D eigenvalue weighted by Gasteiger charge is 2.36. The Morgan fingerprint density at radius 1 is 1.30 bits per heavy atom. The van der Waals surface area contributed by atoms with E-state index in [9.17, 15) is 4.79 Å². The summed E-state index contributed by atoms with van der Waals surface area (Å²) in [5.41, 5.74) is 1.58. The number of hydrogen-bond acceptors (Lipinski definition) is 3. The smallest absolute Gasteiger partial charge is 0.258 e. The molecular formula is C16H18N2O2. The lowest BCUT2D eigenvalue weighted by molar-refractivity contribution is 0.0568. The zero-order valence-corrected chi connectivity index (χ0v) is 11.7. The molecule has 2 aromatic rings. The van der Waals surface area contributed by atoms with Gasteiger partial charge in [0, 0.05) is 11.7 Å². The summed E-state index contributed by atoms with van der Waals surface area (Å²) in [5, 5.41) is 3.41. The van der Waals surface area contributed by atoms with E-state index in [2.05, 4.69) is 19.2 Å². The highest BCUT2D eigenvalue weighted by molar-refractivity contribution is 6.01. The first-order valence-corrected chi connectivity index (χ1v) is 6.94. The molecule has 1 aliphatic rings. The molecule has 1 aromatic heterocycles. The van der Waals surface area contributed by atoms with E-state index < -0.39 is 0 Å². The summed E-state index contributed by atoms with van der Waals surface area (Å²) in [6.45, 7) is 4.14. The summed E-state index contributed by atoms with van der Waals surface area (Å²) in [7, 11) is 0. The van der Waals surface area contributed by atoms with Crippen molar-refractivity contribution < 1.29 is 9.21 Å². The zero-order chi connectivity index (χ0) is 14.1. The summed E-state index contributed by atoms with van der Waals surface area (Å²) in [6.07, 6.45) is 2.28. The van der Waals surface area contributed by atoms with E-state index in [1.54, 1.807) is 6.26 Å². The fourth-order valence-electron chi connectivity index (χ4n) is 2.58. The highest BCUT2D eigenvalue weighted by atomic mass is 16.3. The molecule has 0 spiro atoms. The van der Waals surface area contributed by atoms with Crippen molar-refractivity contribution in [1.29, 1.82) is 0 Å². The van der Waals surface area contributed by atoms with Crippen LogP contribution in [0.2, 0.25) is 0 Å². The van der Waals surface area contributed by atoms with Gasteiger partial charge in [0.2, 0.25) is 0 Å². The molecule has 0 saturated carbocycles. The van der Waals surface area contributed by atoms with Gasteiger partial charge in [-0.1, -0.05) is 19.1 Å². The molecule has 1 N–H and O–H groups in total. The van der Waals surface area contributed by atoms with Crippen molar-refractivity contribution >= 4 is 11.6 Å². The molecule has 4 heteroatoms. The van der Waals surface area contributed by atoms with Gasteiger partial charge in [-0.2, -0.15) is 0 Å². The molecular weight excluding hydrogens is 252 g/mol. The zero-order valence-electron chi connectivity index (χ0n) is 11.7. The van der Waals surface area contributed by atoms with Gasteiger partial charge < -0.3 is 14.6 Å². The third-order valence-electron chi connectivity index (χ3n) is 3.84. The van der Waals surface area contributed by atoms with Gasteiger partial charge in [-0.15, -0.1) is 0 Å². The number of furan rings is 1. The molecule has 20 heavy (non-hydrogen) atoms. The van der Waals surface area contributed by atoms with Gasteiger partial charge in [0.05, 0.1) is 11.8 Å². The molecule has 1 aromatic carbocycles. The normalized spacial score (nSPS) is 19.4. The summed E-state index contributed by atoms with van der Waals surface area (Å²) in [4.78, 5) is 14.6. The van der Waals surface area contributed by atoms with Crippen molar-refractivity contribution in [1.82, 2.24) is 4.90 Å². The molecule has 2 atom stereocenters. The van der Waals surface area contributed by atoms with Crippen molar-refractivity contribution in [3.8, 4) is 0 Å². The summed E-state index contributed by atoms with van der Waals surface area (Å²) in [5.74, 6) is 0.809. The number of nitrogens with one attached hydrogen (secondary N) is 1. The third-order valence-corrected chi connectivity index (χ3v) is 3.84. The van der Waals surface area contributed by atoms with Crippen LogP contribution in [0.25, 0.3) is 0 Å². The van der Waals surface area contributed by atoms with Gasteiger partial charge in [0.15, 0.2) is 6.17 Å². The Kier molecular flexibility index (Phi) is 3.22. The second-order valence-electron chi connectivity index (χ2n) is 5.08. The van der Waals surface area contributed by atoms with Gasteiger partial charge in [-0.25, -0.2) is 0 Å². The average Bonchev–Trinajstić information content (AvgIpc) is 3.00. The second-order valence-corrected chi connectivity index (χ2v) is 5.08. The van der Waals surface area contributed by atoms with Crippen LogP contribution in [0.5, 0.6) is 0 Å². The maximum atomic E-state index is 12.8. The molecule has 0 aliphatic carbocycles. The Hall–Kier alpha value is -2.23. The molecule has 0 bridgehead atoms. The molecule has 4 nitrogen and oxygen atoms in total. The lowest BCUT2D eigenvalue weighted by Gasteiger charge is -2.40. The molecule has 1 aliphatic heterocycles. The monoisotopic (exact) mass is 270 g/mol. The number of rotatable bonds is 3. The van der Waals surface area contributed by atoms with E-state index in [4.69, 9.17) is 4.42 Å². The van der Waals surface area contributed by atoms with Crippen molar-refractivity contribution in [2.45, 2.75) is 32.5 Å². The van der Waals surface area contributed by atoms with Crippen LogP contribution in [-0.2, 0) is 0 Å². The van der Waals surface area contributed by atoms with Crippen LogP contribution < -0.4 is 5.32 Å². The number of hydrogen-bond donors (Lipinski definition) is 1. The van der Waals surface area contributed by atoms with E-state index >= 15 is 0 Å². The van der Waals surface area contributed by atoms with Crippen molar-refractivity contribution in [3.05, 3.63) is 54.0 Å². The van der Waals surface area contributed by atoms with Crippen LogP contribution in [0.15, 0.2) is 47.1 Å². The fraction of sp³-hybridized carbons (Fsp3) is 0.312. The number of amides is 1. The highest BCUT2D eigenvalue weighted by Crippen LogP contribution is 2.34. The number of carbonyl (C=O) groups excluding carboxylic acids is 1. The van der Waals surface area contributed by atoms with Crippen LogP contribution in [0, 0.1) is 0 Å². The van der Waals surface area contributed by atoms with Crippen LogP contribution in [0.1, 0.15) is 42.6 Å². The van der Waals surface area contributed by atoms with Crippen LogP contribution >= 0.6 is 0 Å². The number of carbonyl (C=O) groups is 1. The number of nitrogens with zero attached hydrogens (tertiary/aromatic N) is 1. The Balaban J connectivity index is 2.07. The maximum Gasteiger partial charge on any atom is 0.258 e. The van der Waals surface area contributed by atoms with Gasteiger partial charge >= 0.3 is 0 Å². The van der Waals surface area contributed by atoms with Crippen molar-refractivity contribution in [2.24, 2.45) is 0 Å². The van der Waals surface area contributed by atoms with Gasteiger partial charge in [-0.05, 0) is 37.6 Å². The Morgan fingerprint density at radius 3 is 2.80 bits per heavy atom. The van der Waals surface area contributed by atoms with E-state index in [1.165, 1.54) is 0 Å². The predicted octanol–water partition coefficient (Wildman–Crippen LogP) is 3.64. The first-order valence-electron chi connectivity index (χ1n) is 6.94. The van der Waals surface area contributed by atoms with Crippen LogP contribution in [0.4, 0.5) is 5.69 Å². The van der Waals surface area contributed by atoms with E-state index in [1.807, 2.05) is 41.3 Å². The molecule has 1 amide bonds. The number of fused-ring (bicyclic) bond motifs is 1. The average molecular weight is 270 g/mol. The predicted molar refractivity (Wildman–Crippen MR) is 77.4 cm³/mol. The summed E-state index contributed by atoms with van der Waals surface area (Å²) < 4.78 is 5.50. The number of para-hydroxylation sites is 1. The van der Waals surface area contributed by atoms with Crippen LogP contribution in [-0.4, -0.2) is 16.8 Å². The third kappa shape index (κ3) is 1.97. The SMILES string of the molecule is CC[C@H](C)N1C(=O)c2ccccc2N[C@@H]1c1ccco1. The first-order chi connectivity index (χ1) is 9.72. The Bertz CT molecular complexity index is 607. The Labute approximate surface area is 118 Å². The first kappa shape index (κ1) is 12.8. The topological polar surface area (TPSA) is 45.5 Å². The molecule has 0 fully saturated rings. The van der Waals surface area contributed by atoms with Crippen molar-refractivity contribution in [2.75, 3.05) is 5.32 Å². The van der Waals surface area contributed by atoms with Gasteiger partial charge in [0.25, 0.3) is 5.91 Å². The van der Waals surface area contributed by atoms with Gasteiger partial charge in [0.1, 0.15) is 5.76 Å². The largest absolute Gasteiger partial charge is 0.465 e. The lowest BCUT2D eigenvalue weighted by atomic mass is 10.0. The maximum absolute atomic E-state index is 12.8. The van der Waals surface area contributed by atoms with Gasteiger partial charge in [-0.3, -0.25) is 4.79 Å². The molecule has 104 valence electrons. The molecule has 0 radical (unpaired) electrons. The Morgan fingerprint density at radius 2 is 2.10 bits per heavy atom. The number of anilines is 1. The molecule has 3 rings (SSSR count). The van der Waals surface area contributed by atoms with E-state index in [0.717, 1.165) is 23.4 Å². The quantitative estimate of drug-likeness (QED) is 0.926. The minimum atomic E-state index is -0.248. The minimum absolute atomic E-state index is 0.0510. The summed E-state index contributed by atoms with van der Waals surface area (Å²) >= 11 is 0. The minimum Gasteiger partial charge on any atom is -0.465 e. The molecule has 0 saturated heterocycles. The van der Waals surface area contributed by atoms with E-state index in [-0.39, 0.29) is 18.1 Å². The standard InChI is InChI=1S/C16H18N2O2/c1-3-11(2)18-15(14-9-6-10-20-14)17-13-8-5-4-7-12(13)16(18)19/h4-11,15,17H,3H2,1-2H3/t11-,15-/m0/s1. The lowest BCUT2D eigenvalue weighted by Crippen LogP contribution is -2.47. The summed E-state index contributed by atoms with van der Waals surface area (Å²) in [6, 6.07) is 11.5.